The summed E-state index contributed by atoms with van der Waals surface area (Å²) in [6, 6.07) is 12.0. The van der Waals surface area contributed by atoms with Crippen LogP contribution in [0.15, 0.2) is 36.4 Å². The van der Waals surface area contributed by atoms with Gasteiger partial charge in [0.1, 0.15) is 4.88 Å². The first kappa shape index (κ1) is 13.8. The SMILES string of the molecule is Cc1ccccc1[C@H](C)NCc1ccc(C(=O)O)s1. The van der Waals surface area contributed by atoms with E-state index >= 15 is 0 Å². The van der Waals surface area contributed by atoms with E-state index in [0.29, 0.717) is 11.4 Å². The molecule has 1 heterocycles. The van der Waals surface area contributed by atoms with E-state index in [-0.39, 0.29) is 6.04 Å². The molecule has 2 N–H and O–H groups in total. The Morgan fingerprint density at radius 2 is 2.05 bits per heavy atom. The molecule has 0 aliphatic carbocycles. The smallest absolute Gasteiger partial charge is 0.345 e. The highest BCUT2D eigenvalue weighted by Gasteiger charge is 2.10. The number of carboxylic acids is 1. The molecule has 0 bridgehead atoms. The van der Waals surface area contributed by atoms with Gasteiger partial charge in [-0.15, -0.1) is 11.3 Å². The molecule has 3 nitrogen and oxygen atoms in total. The Morgan fingerprint density at radius 3 is 2.68 bits per heavy atom. The summed E-state index contributed by atoms with van der Waals surface area (Å²) in [5.41, 5.74) is 2.54. The van der Waals surface area contributed by atoms with E-state index in [1.54, 1.807) is 6.07 Å². The summed E-state index contributed by atoms with van der Waals surface area (Å²) < 4.78 is 0. The molecule has 0 spiro atoms. The average Bonchev–Trinajstić information content (AvgIpc) is 2.85. The van der Waals surface area contributed by atoms with Crippen LogP contribution in [-0.4, -0.2) is 11.1 Å². The summed E-state index contributed by atoms with van der Waals surface area (Å²) in [6.07, 6.45) is 0. The maximum atomic E-state index is 10.8. The third-order valence-corrected chi connectivity index (χ3v) is 4.18. The van der Waals surface area contributed by atoms with Gasteiger partial charge in [0.15, 0.2) is 0 Å². The van der Waals surface area contributed by atoms with Crippen LogP contribution in [0.4, 0.5) is 0 Å². The zero-order chi connectivity index (χ0) is 13.8. The van der Waals surface area contributed by atoms with Crippen molar-refractivity contribution < 1.29 is 9.90 Å². The molecular weight excluding hydrogens is 258 g/mol. The van der Waals surface area contributed by atoms with Gasteiger partial charge in [-0.2, -0.15) is 0 Å². The molecule has 100 valence electrons. The maximum absolute atomic E-state index is 10.8. The van der Waals surface area contributed by atoms with Gasteiger partial charge in [-0.1, -0.05) is 24.3 Å². The number of carboxylic acid groups (broad SMARTS) is 1. The van der Waals surface area contributed by atoms with Crippen LogP contribution >= 0.6 is 11.3 Å². The topological polar surface area (TPSA) is 49.3 Å². The van der Waals surface area contributed by atoms with Gasteiger partial charge in [0.2, 0.25) is 0 Å². The molecule has 19 heavy (non-hydrogen) atoms. The number of thiophene rings is 1. The second-order valence-corrected chi connectivity index (χ2v) is 5.70. The summed E-state index contributed by atoms with van der Waals surface area (Å²) in [5, 5.41) is 12.3. The van der Waals surface area contributed by atoms with Crippen molar-refractivity contribution in [2.75, 3.05) is 0 Å². The lowest BCUT2D eigenvalue weighted by atomic mass is 10.0. The molecule has 0 amide bonds. The van der Waals surface area contributed by atoms with Gasteiger partial charge in [0.25, 0.3) is 0 Å². The average molecular weight is 275 g/mol. The molecular formula is C15H17NO2S. The Hall–Kier alpha value is -1.65. The maximum Gasteiger partial charge on any atom is 0.345 e. The summed E-state index contributed by atoms with van der Waals surface area (Å²) in [5.74, 6) is -0.858. The van der Waals surface area contributed by atoms with Crippen molar-refractivity contribution in [3.8, 4) is 0 Å². The molecule has 1 aromatic carbocycles. The zero-order valence-corrected chi connectivity index (χ0v) is 11.8. The Kier molecular flexibility index (Phi) is 4.35. The number of hydrogen-bond donors (Lipinski definition) is 2. The van der Waals surface area contributed by atoms with Crippen molar-refractivity contribution in [3.05, 3.63) is 57.3 Å². The number of carbonyl (C=O) groups is 1. The number of aryl methyl sites for hydroxylation is 1. The van der Waals surface area contributed by atoms with Crippen molar-refractivity contribution in [1.82, 2.24) is 5.32 Å². The fourth-order valence-electron chi connectivity index (χ4n) is 2.02. The normalized spacial score (nSPS) is 12.3. The number of benzene rings is 1. The second-order valence-electron chi connectivity index (χ2n) is 4.53. The van der Waals surface area contributed by atoms with Gasteiger partial charge in [-0.3, -0.25) is 0 Å². The minimum Gasteiger partial charge on any atom is -0.477 e. The van der Waals surface area contributed by atoms with Gasteiger partial charge in [-0.25, -0.2) is 4.79 Å². The monoisotopic (exact) mass is 275 g/mol. The standard InChI is InChI=1S/C15H17NO2S/c1-10-5-3-4-6-13(10)11(2)16-9-12-7-8-14(19-12)15(17)18/h3-8,11,16H,9H2,1-2H3,(H,17,18)/t11-/m0/s1. The molecule has 1 aromatic heterocycles. The van der Waals surface area contributed by atoms with Crippen LogP contribution in [0.2, 0.25) is 0 Å². The quantitative estimate of drug-likeness (QED) is 0.876. The lowest BCUT2D eigenvalue weighted by Crippen LogP contribution is -2.18. The number of nitrogens with one attached hydrogen (secondary N) is 1. The van der Waals surface area contributed by atoms with Crippen molar-refractivity contribution >= 4 is 17.3 Å². The summed E-state index contributed by atoms with van der Waals surface area (Å²) in [4.78, 5) is 12.2. The van der Waals surface area contributed by atoms with E-state index in [4.69, 9.17) is 5.11 Å². The minimum atomic E-state index is -0.858. The van der Waals surface area contributed by atoms with E-state index in [9.17, 15) is 4.79 Å². The van der Waals surface area contributed by atoms with Crippen LogP contribution < -0.4 is 5.32 Å². The zero-order valence-electron chi connectivity index (χ0n) is 11.0. The first-order valence-electron chi connectivity index (χ1n) is 6.19. The Morgan fingerprint density at radius 1 is 1.32 bits per heavy atom. The lowest BCUT2D eigenvalue weighted by Gasteiger charge is -2.15. The molecule has 2 rings (SSSR count). The van der Waals surface area contributed by atoms with Gasteiger partial charge in [0, 0.05) is 17.5 Å². The van der Waals surface area contributed by atoms with Crippen LogP contribution in [0.3, 0.4) is 0 Å². The Bertz CT molecular complexity index is 577. The van der Waals surface area contributed by atoms with Crippen molar-refractivity contribution in [2.45, 2.75) is 26.4 Å². The van der Waals surface area contributed by atoms with Crippen LogP contribution in [0, 0.1) is 6.92 Å². The van der Waals surface area contributed by atoms with Gasteiger partial charge in [0.05, 0.1) is 0 Å². The number of hydrogen-bond acceptors (Lipinski definition) is 3. The van der Waals surface area contributed by atoms with Crippen LogP contribution in [0.25, 0.3) is 0 Å². The fraction of sp³-hybridized carbons (Fsp3) is 0.267. The van der Waals surface area contributed by atoms with Gasteiger partial charge < -0.3 is 10.4 Å². The van der Waals surface area contributed by atoms with Crippen molar-refractivity contribution in [2.24, 2.45) is 0 Å². The summed E-state index contributed by atoms with van der Waals surface area (Å²) in [7, 11) is 0. The highest BCUT2D eigenvalue weighted by Crippen LogP contribution is 2.20. The van der Waals surface area contributed by atoms with Gasteiger partial charge >= 0.3 is 5.97 Å². The van der Waals surface area contributed by atoms with E-state index < -0.39 is 5.97 Å². The minimum absolute atomic E-state index is 0.247. The van der Waals surface area contributed by atoms with Crippen LogP contribution in [-0.2, 0) is 6.54 Å². The third-order valence-electron chi connectivity index (χ3n) is 3.11. The highest BCUT2D eigenvalue weighted by atomic mass is 32.1. The first-order valence-corrected chi connectivity index (χ1v) is 7.00. The molecule has 0 aliphatic rings. The second kappa shape index (κ2) is 5.99. The molecule has 0 radical (unpaired) electrons. The number of rotatable bonds is 5. The van der Waals surface area contributed by atoms with E-state index in [0.717, 1.165) is 4.88 Å². The molecule has 0 fully saturated rings. The summed E-state index contributed by atoms with van der Waals surface area (Å²) in [6.45, 7) is 4.91. The van der Waals surface area contributed by atoms with Gasteiger partial charge in [-0.05, 0) is 37.1 Å². The molecule has 2 aromatic rings. The molecule has 0 saturated heterocycles. The Labute approximate surface area is 116 Å². The predicted molar refractivity (Wildman–Crippen MR) is 77.7 cm³/mol. The highest BCUT2D eigenvalue weighted by molar-refractivity contribution is 7.13. The lowest BCUT2D eigenvalue weighted by molar-refractivity contribution is 0.0702. The Balaban J connectivity index is 1.98. The van der Waals surface area contributed by atoms with Crippen LogP contribution in [0.5, 0.6) is 0 Å². The predicted octanol–water partition coefficient (Wildman–Crippen LogP) is 3.61. The largest absolute Gasteiger partial charge is 0.477 e. The number of aromatic carboxylic acids is 1. The fourth-order valence-corrected chi connectivity index (χ4v) is 2.82. The molecule has 0 aliphatic heterocycles. The van der Waals surface area contributed by atoms with E-state index in [1.165, 1.54) is 22.5 Å². The van der Waals surface area contributed by atoms with E-state index in [2.05, 4.69) is 31.3 Å². The first-order chi connectivity index (χ1) is 9.08. The van der Waals surface area contributed by atoms with Crippen LogP contribution in [0.1, 0.15) is 38.6 Å². The van der Waals surface area contributed by atoms with Crippen molar-refractivity contribution in [1.29, 1.82) is 0 Å². The van der Waals surface area contributed by atoms with Crippen molar-refractivity contribution in [3.63, 3.8) is 0 Å². The molecule has 0 saturated carbocycles. The van der Waals surface area contributed by atoms with E-state index in [1.807, 2.05) is 18.2 Å². The molecule has 4 heteroatoms. The molecule has 1 atom stereocenters. The summed E-state index contributed by atoms with van der Waals surface area (Å²) >= 11 is 1.32. The molecule has 0 unspecified atom stereocenters. The third kappa shape index (κ3) is 3.43.